The van der Waals surface area contributed by atoms with Crippen molar-refractivity contribution in [2.45, 2.75) is 283 Å². The average molecular weight is 978 g/mol. The van der Waals surface area contributed by atoms with Gasteiger partial charge in [0.15, 0.2) is 0 Å². The van der Waals surface area contributed by atoms with E-state index in [1.807, 2.05) is 27.2 Å². The number of nitrogens with one attached hydrogen (secondary N) is 1. The first kappa shape index (κ1) is 66.5. The highest BCUT2D eigenvalue weighted by Crippen LogP contribution is 2.38. The number of likely N-dealkylation sites (N-methyl/N-ethyl adjacent to an activating group) is 1. The van der Waals surface area contributed by atoms with Crippen LogP contribution in [-0.4, -0.2) is 68.5 Å². The van der Waals surface area contributed by atoms with Gasteiger partial charge in [0.1, 0.15) is 13.2 Å². The Morgan fingerprint density at radius 1 is 0.529 bits per heavy atom. The molecule has 3 atom stereocenters. The minimum Gasteiger partial charge on any atom is -0.756 e. The maximum absolute atomic E-state index is 12.9. The number of quaternary nitrogens is 1. The minimum atomic E-state index is -4.60. The number of carbonyl (C=O) groups excluding carboxylic acids is 1. The Balaban J connectivity index is 4.15. The molecule has 9 heteroatoms. The largest absolute Gasteiger partial charge is 0.756 e. The molecule has 0 rings (SSSR count). The molecular weight excluding hydrogens is 864 g/mol. The third-order valence-corrected chi connectivity index (χ3v) is 14.0. The highest BCUT2D eigenvalue weighted by molar-refractivity contribution is 7.45. The molecule has 0 fully saturated rings. The number of phosphoric ester groups is 1. The highest BCUT2D eigenvalue weighted by Gasteiger charge is 2.23. The molecule has 0 radical (unpaired) electrons. The van der Waals surface area contributed by atoms with Crippen LogP contribution in [0.3, 0.4) is 0 Å². The Labute approximate surface area is 422 Å². The van der Waals surface area contributed by atoms with Crippen LogP contribution in [0.25, 0.3) is 0 Å². The topological polar surface area (TPSA) is 108 Å². The van der Waals surface area contributed by atoms with E-state index >= 15 is 0 Å². The van der Waals surface area contributed by atoms with Gasteiger partial charge in [0.2, 0.25) is 5.91 Å². The van der Waals surface area contributed by atoms with Crippen molar-refractivity contribution in [2.75, 3.05) is 40.9 Å². The lowest BCUT2D eigenvalue weighted by molar-refractivity contribution is -0.870. The van der Waals surface area contributed by atoms with Gasteiger partial charge in [0.25, 0.3) is 7.82 Å². The molecule has 0 aromatic rings. The molecule has 2 N–H and O–H groups in total. The predicted molar refractivity (Wildman–Crippen MR) is 293 cm³/mol. The summed E-state index contributed by atoms with van der Waals surface area (Å²) in [5.41, 5.74) is 0. The smallest absolute Gasteiger partial charge is 0.268 e. The summed E-state index contributed by atoms with van der Waals surface area (Å²) in [6.45, 7) is 4.55. The van der Waals surface area contributed by atoms with Crippen molar-refractivity contribution in [3.63, 3.8) is 0 Å². The number of unbranched alkanes of at least 4 members (excludes halogenated alkanes) is 34. The zero-order chi connectivity index (χ0) is 49.9. The Hall–Kier alpha value is -1.54. The molecule has 0 aromatic heterocycles. The quantitative estimate of drug-likeness (QED) is 0.0272. The number of amides is 1. The second kappa shape index (κ2) is 50.4. The number of hydrogen-bond donors (Lipinski definition) is 2. The van der Waals surface area contributed by atoms with E-state index in [2.05, 4.69) is 55.6 Å². The summed E-state index contributed by atoms with van der Waals surface area (Å²) in [5, 5.41) is 13.9. The van der Waals surface area contributed by atoms with E-state index < -0.39 is 20.0 Å². The van der Waals surface area contributed by atoms with E-state index in [0.717, 1.165) is 70.6 Å². The zero-order valence-corrected chi connectivity index (χ0v) is 46.5. The number of aliphatic hydroxyl groups excluding tert-OH is 1. The molecule has 0 aliphatic heterocycles. The lowest BCUT2D eigenvalue weighted by Gasteiger charge is -2.29. The molecule has 8 nitrogen and oxygen atoms in total. The second-order valence-electron chi connectivity index (χ2n) is 21.0. The van der Waals surface area contributed by atoms with E-state index in [1.165, 1.54) is 180 Å². The normalized spacial score (nSPS) is 14.3. The fraction of sp³-hybridized carbons (Fsp3) is 0.847. The molecule has 0 aliphatic carbocycles. The SMILES string of the molecule is CC/C=C\C/C=C\C/C=C\CCCCCCCCCC(=O)NC(COP(=O)([O-])OCC[N+](C)(C)C)C(O)/C=C/CCCCCCCCCCCCCCCCCCCCCCCCCCCCC. The van der Waals surface area contributed by atoms with Crippen LogP contribution in [0.2, 0.25) is 0 Å². The van der Waals surface area contributed by atoms with E-state index in [1.54, 1.807) is 6.08 Å². The third-order valence-electron chi connectivity index (χ3n) is 13.0. The summed E-state index contributed by atoms with van der Waals surface area (Å²) < 4.78 is 23.3. The molecule has 0 spiro atoms. The van der Waals surface area contributed by atoms with Crippen LogP contribution in [0.5, 0.6) is 0 Å². The summed E-state index contributed by atoms with van der Waals surface area (Å²) in [5.74, 6) is -0.206. The number of hydrogen-bond acceptors (Lipinski definition) is 6. The van der Waals surface area contributed by atoms with Crippen LogP contribution in [-0.2, 0) is 18.4 Å². The first-order chi connectivity index (χ1) is 33.0. The minimum absolute atomic E-state index is 0.00407. The van der Waals surface area contributed by atoms with Gasteiger partial charge in [-0.3, -0.25) is 9.36 Å². The van der Waals surface area contributed by atoms with Crippen LogP contribution in [0, 0.1) is 0 Å². The molecule has 3 unspecified atom stereocenters. The summed E-state index contributed by atoms with van der Waals surface area (Å²) in [6.07, 6.45) is 66.2. The first-order valence-electron chi connectivity index (χ1n) is 29.0. The Morgan fingerprint density at radius 2 is 0.897 bits per heavy atom. The van der Waals surface area contributed by atoms with Crippen LogP contribution >= 0.6 is 7.82 Å². The highest BCUT2D eigenvalue weighted by atomic mass is 31.2. The van der Waals surface area contributed by atoms with Crippen LogP contribution < -0.4 is 10.2 Å². The van der Waals surface area contributed by atoms with E-state index in [9.17, 15) is 19.4 Å². The molecule has 0 aromatic carbocycles. The van der Waals surface area contributed by atoms with Crippen molar-refractivity contribution in [1.82, 2.24) is 5.32 Å². The molecule has 0 saturated carbocycles. The Bertz CT molecular complexity index is 1250. The van der Waals surface area contributed by atoms with Crippen molar-refractivity contribution in [3.8, 4) is 0 Å². The fourth-order valence-electron chi connectivity index (χ4n) is 8.52. The molecule has 0 heterocycles. The van der Waals surface area contributed by atoms with Crippen molar-refractivity contribution in [2.24, 2.45) is 0 Å². The van der Waals surface area contributed by atoms with Gasteiger partial charge in [-0.25, -0.2) is 0 Å². The van der Waals surface area contributed by atoms with Crippen molar-refractivity contribution in [1.29, 1.82) is 0 Å². The first-order valence-corrected chi connectivity index (χ1v) is 30.5. The summed E-state index contributed by atoms with van der Waals surface area (Å²) in [7, 11) is 1.26. The molecular formula is C59H113N2O6P. The van der Waals surface area contributed by atoms with Crippen molar-refractivity contribution >= 4 is 13.7 Å². The number of allylic oxidation sites excluding steroid dienone is 7. The molecule has 0 saturated heterocycles. The monoisotopic (exact) mass is 977 g/mol. The van der Waals surface area contributed by atoms with Gasteiger partial charge in [-0.1, -0.05) is 262 Å². The number of carbonyl (C=O) groups is 1. The van der Waals surface area contributed by atoms with Crippen LogP contribution in [0.15, 0.2) is 48.6 Å². The van der Waals surface area contributed by atoms with Crippen LogP contribution in [0.4, 0.5) is 0 Å². The summed E-state index contributed by atoms with van der Waals surface area (Å²) >= 11 is 0. The van der Waals surface area contributed by atoms with Gasteiger partial charge in [-0.05, 0) is 51.4 Å². The fourth-order valence-corrected chi connectivity index (χ4v) is 9.25. The number of nitrogens with zero attached hydrogens (tertiary/aromatic N) is 1. The number of rotatable bonds is 53. The van der Waals surface area contributed by atoms with E-state index in [0.29, 0.717) is 17.4 Å². The maximum atomic E-state index is 12.9. The van der Waals surface area contributed by atoms with Gasteiger partial charge in [0.05, 0.1) is 39.9 Å². The maximum Gasteiger partial charge on any atom is 0.268 e. The zero-order valence-electron chi connectivity index (χ0n) is 45.6. The standard InChI is InChI=1S/C59H113N2O6P/c1-6-8-10-12-14-16-18-20-22-24-25-26-27-28-29-30-31-32-33-34-35-37-38-40-42-44-46-48-50-52-58(62)57(56-67-68(64,65)66-55-54-61(3,4)5)60-59(63)53-51-49-47-45-43-41-39-36-23-21-19-17-15-13-11-9-7-2/h9,11,15,17,21,23,50,52,57-58,62H,6-8,10,12-14,16,18-20,22,24-49,51,53-56H2,1-5H3,(H-,60,63,64,65)/b11-9-,17-15-,23-21-,52-50+. The van der Waals surface area contributed by atoms with Crippen molar-refractivity contribution in [3.05, 3.63) is 48.6 Å². The van der Waals surface area contributed by atoms with Gasteiger partial charge in [-0.2, -0.15) is 0 Å². The summed E-state index contributed by atoms with van der Waals surface area (Å²) in [4.78, 5) is 25.5. The van der Waals surface area contributed by atoms with E-state index in [-0.39, 0.29) is 19.1 Å². The van der Waals surface area contributed by atoms with Gasteiger partial charge in [0, 0.05) is 6.42 Å². The molecule has 1 amide bonds. The lowest BCUT2D eigenvalue weighted by Crippen LogP contribution is -2.45. The third kappa shape index (κ3) is 52.3. The molecule has 0 aliphatic rings. The Kier molecular flexibility index (Phi) is 49.3. The second-order valence-corrected chi connectivity index (χ2v) is 22.4. The molecule has 400 valence electrons. The Morgan fingerprint density at radius 3 is 1.31 bits per heavy atom. The molecule has 0 bridgehead atoms. The van der Waals surface area contributed by atoms with Gasteiger partial charge >= 0.3 is 0 Å². The van der Waals surface area contributed by atoms with E-state index in [4.69, 9.17) is 9.05 Å². The van der Waals surface area contributed by atoms with Crippen molar-refractivity contribution < 1.29 is 32.9 Å². The number of aliphatic hydroxyl groups is 1. The molecule has 68 heavy (non-hydrogen) atoms. The summed E-state index contributed by atoms with van der Waals surface area (Å²) in [6, 6.07) is -0.894. The number of phosphoric acid groups is 1. The van der Waals surface area contributed by atoms with Gasteiger partial charge in [-0.15, -0.1) is 0 Å². The lowest BCUT2D eigenvalue weighted by atomic mass is 10.0. The average Bonchev–Trinajstić information content (AvgIpc) is 3.30. The van der Waals surface area contributed by atoms with Crippen LogP contribution in [0.1, 0.15) is 271 Å². The predicted octanol–water partition coefficient (Wildman–Crippen LogP) is 16.9. The van der Waals surface area contributed by atoms with Gasteiger partial charge < -0.3 is 28.8 Å².